The lowest BCUT2D eigenvalue weighted by atomic mass is 10.1. The molecule has 1 amide bonds. The van der Waals surface area contributed by atoms with Crippen LogP contribution in [0.5, 0.6) is 0 Å². The Hall–Kier alpha value is -0.850. The number of amides is 1. The highest BCUT2D eigenvalue weighted by Gasteiger charge is 1.93. The van der Waals surface area contributed by atoms with Crippen molar-refractivity contribution in [2.75, 3.05) is 6.54 Å². The van der Waals surface area contributed by atoms with Gasteiger partial charge in [0.15, 0.2) is 0 Å². The second-order valence-electron chi connectivity index (χ2n) is 5.14. The van der Waals surface area contributed by atoms with E-state index in [1.54, 1.807) is 0 Å². The van der Waals surface area contributed by atoms with Gasteiger partial charge in [0.2, 0.25) is 0 Å². The van der Waals surface area contributed by atoms with E-state index in [0.29, 0.717) is 0 Å². The van der Waals surface area contributed by atoms with Crippen molar-refractivity contribution in [1.82, 2.24) is 21.9 Å². The highest BCUT2D eigenvalue weighted by atomic mass is 16.4. The molecule has 5 N–H and O–H groups in total. The van der Waals surface area contributed by atoms with Gasteiger partial charge in [-0.05, 0) is 6.42 Å². The maximum atomic E-state index is 10.1. The Morgan fingerprint density at radius 1 is 0.800 bits per heavy atom. The van der Waals surface area contributed by atoms with Gasteiger partial charge in [0, 0.05) is 6.54 Å². The number of carbonyl (C=O) groups is 1. The van der Waals surface area contributed by atoms with E-state index in [1.165, 1.54) is 64.2 Å². The van der Waals surface area contributed by atoms with Crippen LogP contribution in [0.1, 0.15) is 77.6 Å². The highest BCUT2D eigenvalue weighted by Crippen LogP contribution is 2.10. The minimum Gasteiger partial charge on any atom is -0.464 e. The van der Waals surface area contributed by atoms with Crippen molar-refractivity contribution in [1.29, 1.82) is 0 Å². The predicted molar refractivity (Wildman–Crippen MR) is 81.9 cm³/mol. The van der Waals surface area contributed by atoms with Crippen LogP contribution in [-0.4, -0.2) is 17.7 Å². The van der Waals surface area contributed by atoms with Crippen LogP contribution in [0.4, 0.5) is 4.79 Å². The quantitative estimate of drug-likeness (QED) is 0.236. The molecule has 0 saturated carbocycles. The Balaban J connectivity index is 2.94. The van der Waals surface area contributed by atoms with Crippen LogP contribution in [0.25, 0.3) is 0 Å². The van der Waals surface area contributed by atoms with Crippen molar-refractivity contribution in [2.24, 2.45) is 0 Å². The van der Waals surface area contributed by atoms with Crippen molar-refractivity contribution in [3.05, 3.63) is 0 Å². The molecule has 6 heteroatoms. The molecule has 0 aromatic rings. The summed E-state index contributed by atoms with van der Waals surface area (Å²) in [5, 5.41) is 8.28. The molecular weight excluding hydrogens is 256 g/mol. The molecule has 0 unspecified atom stereocenters. The number of nitrogens with one attached hydrogen (secondary N) is 4. The molecule has 0 fully saturated rings. The van der Waals surface area contributed by atoms with Crippen molar-refractivity contribution < 1.29 is 9.90 Å². The Morgan fingerprint density at radius 2 is 1.30 bits per heavy atom. The Morgan fingerprint density at radius 3 is 1.80 bits per heavy atom. The number of hydrazine groups is 3. The predicted octanol–water partition coefficient (Wildman–Crippen LogP) is 3.08. The van der Waals surface area contributed by atoms with E-state index in [2.05, 4.69) is 23.4 Å². The Kier molecular flexibility index (Phi) is 15.5. The highest BCUT2D eigenvalue weighted by molar-refractivity contribution is 5.63. The molecule has 0 rings (SSSR count). The molecule has 0 aliphatic rings. The van der Waals surface area contributed by atoms with Gasteiger partial charge >= 0.3 is 6.09 Å². The molecule has 0 radical (unpaired) electrons. The lowest BCUT2D eigenvalue weighted by Crippen LogP contribution is -2.52. The maximum Gasteiger partial charge on any atom is 0.420 e. The van der Waals surface area contributed by atoms with Gasteiger partial charge in [0.05, 0.1) is 0 Å². The van der Waals surface area contributed by atoms with Crippen LogP contribution < -0.4 is 21.9 Å². The normalized spacial score (nSPS) is 10.7. The average molecular weight is 288 g/mol. The molecule has 0 aliphatic heterocycles. The third-order valence-corrected chi connectivity index (χ3v) is 3.23. The monoisotopic (exact) mass is 288 g/mol. The molecule has 120 valence electrons. The number of unbranched alkanes of at least 4 members (excludes halogenated alkanes) is 10. The van der Waals surface area contributed by atoms with E-state index in [0.717, 1.165) is 13.0 Å². The van der Waals surface area contributed by atoms with E-state index in [9.17, 15) is 4.79 Å². The fourth-order valence-electron chi connectivity index (χ4n) is 2.07. The van der Waals surface area contributed by atoms with E-state index in [-0.39, 0.29) is 0 Å². The third-order valence-electron chi connectivity index (χ3n) is 3.23. The molecule has 6 nitrogen and oxygen atoms in total. The van der Waals surface area contributed by atoms with Crippen molar-refractivity contribution in [2.45, 2.75) is 77.6 Å². The van der Waals surface area contributed by atoms with Gasteiger partial charge in [0.25, 0.3) is 0 Å². The lowest BCUT2D eigenvalue weighted by molar-refractivity contribution is 0.183. The minimum absolute atomic E-state index is 0.825. The molecule has 0 bridgehead atoms. The summed E-state index contributed by atoms with van der Waals surface area (Å²) in [5.41, 5.74) is 9.74. The largest absolute Gasteiger partial charge is 0.464 e. The molecule has 0 heterocycles. The summed E-state index contributed by atoms with van der Waals surface area (Å²) in [6, 6.07) is 0. The fourth-order valence-corrected chi connectivity index (χ4v) is 2.07. The second-order valence-corrected chi connectivity index (χ2v) is 5.14. The van der Waals surface area contributed by atoms with Crippen molar-refractivity contribution in [3.8, 4) is 0 Å². The zero-order chi connectivity index (χ0) is 14.9. The number of carboxylic acid groups (broad SMARTS) is 1. The van der Waals surface area contributed by atoms with E-state index in [1.807, 2.05) is 5.43 Å². The summed E-state index contributed by atoms with van der Waals surface area (Å²) < 4.78 is 0. The maximum absolute atomic E-state index is 10.1. The molecule has 0 spiro atoms. The van der Waals surface area contributed by atoms with E-state index >= 15 is 0 Å². The van der Waals surface area contributed by atoms with Gasteiger partial charge in [-0.25, -0.2) is 15.6 Å². The van der Waals surface area contributed by atoms with E-state index in [4.69, 9.17) is 5.11 Å². The van der Waals surface area contributed by atoms with E-state index < -0.39 is 6.09 Å². The van der Waals surface area contributed by atoms with Gasteiger partial charge in [0.1, 0.15) is 0 Å². The Labute approximate surface area is 123 Å². The summed E-state index contributed by atoms with van der Waals surface area (Å²) >= 11 is 0. The molecule has 20 heavy (non-hydrogen) atoms. The topological polar surface area (TPSA) is 85.4 Å². The SMILES string of the molecule is CCCCCCCCCCCCCNNNNC(=O)O. The van der Waals surface area contributed by atoms with Gasteiger partial charge in [-0.1, -0.05) is 71.1 Å². The van der Waals surface area contributed by atoms with Gasteiger partial charge in [-0.3, -0.25) is 0 Å². The lowest BCUT2D eigenvalue weighted by Gasteiger charge is -2.07. The molecule has 0 saturated heterocycles. The third kappa shape index (κ3) is 17.2. The first kappa shape index (κ1) is 19.1. The smallest absolute Gasteiger partial charge is 0.420 e. The molecule has 0 aromatic carbocycles. The summed E-state index contributed by atoms with van der Waals surface area (Å²) in [4.78, 5) is 10.1. The minimum atomic E-state index is -1.12. The zero-order valence-corrected chi connectivity index (χ0v) is 12.8. The van der Waals surface area contributed by atoms with Crippen molar-refractivity contribution >= 4 is 6.09 Å². The fraction of sp³-hybridized carbons (Fsp3) is 0.929. The number of hydrogen-bond acceptors (Lipinski definition) is 4. The van der Waals surface area contributed by atoms with Gasteiger partial charge in [-0.15, -0.1) is 0 Å². The van der Waals surface area contributed by atoms with Crippen LogP contribution in [-0.2, 0) is 0 Å². The first-order valence-corrected chi connectivity index (χ1v) is 7.99. The van der Waals surface area contributed by atoms with Crippen LogP contribution in [0.15, 0.2) is 0 Å². The zero-order valence-electron chi connectivity index (χ0n) is 12.8. The molecule has 0 atom stereocenters. The first-order valence-electron chi connectivity index (χ1n) is 7.99. The van der Waals surface area contributed by atoms with Crippen LogP contribution in [0, 0.1) is 0 Å². The van der Waals surface area contributed by atoms with Crippen molar-refractivity contribution in [3.63, 3.8) is 0 Å². The summed E-state index contributed by atoms with van der Waals surface area (Å²) in [7, 11) is 0. The summed E-state index contributed by atoms with van der Waals surface area (Å²) in [6.45, 7) is 3.08. The second kappa shape index (κ2) is 16.2. The average Bonchev–Trinajstić information content (AvgIpc) is 2.43. The molecule has 0 aromatic heterocycles. The molecular formula is C14H32N4O2. The van der Waals surface area contributed by atoms with Crippen LogP contribution in [0.2, 0.25) is 0 Å². The molecule has 0 aliphatic carbocycles. The summed E-state index contributed by atoms with van der Waals surface area (Å²) in [6.07, 6.45) is 13.5. The Bertz CT molecular complexity index is 215. The number of hydrogen-bond donors (Lipinski definition) is 5. The van der Waals surface area contributed by atoms with Crippen LogP contribution in [0.3, 0.4) is 0 Å². The van der Waals surface area contributed by atoms with Gasteiger partial charge < -0.3 is 5.11 Å². The first-order chi connectivity index (χ1) is 9.77. The summed E-state index contributed by atoms with van der Waals surface area (Å²) in [5.74, 6) is 0. The standard InChI is InChI=1S/C14H32N4O2/c1-2-3-4-5-6-7-8-9-10-11-12-13-15-17-18-16-14(19)20/h15-18H,2-13H2,1H3,(H,19,20). The number of rotatable bonds is 15. The van der Waals surface area contributed by atoms with Crippen LogP contribution >= 0.6 is 0 Å². The van der Waals surface area contributed by atoms with Gasteiger partial charge in [-0.2, -0.15) is 11.1 Å².